The van der Waals surface area contributed by atoms with Crippen LogP contribution in [0.1, 0.15) is 64.3 Å². The fourth-order valence-corrected chi connectivity index (χ4v) is 3.51. The Hall–Kier alpha value is -3.06. The molecule has 0 spiro atoms. The van der Waals surface area contributed by atoms with Crippen LogP contribution < -0.4 is 5.43 Å². The number of allylic oxidation sites excluding steroid dienone is 1. The Morgan fingerprint density at radius 2 is 2.09 bits per heavy atom. The molecule has 2 aromatic rings. The number of nitrogens with one attached hydrogen (secondary N) is 1. The molecule has 1 N–H and O–H groups in total. The number of carbonyl (C=O) groups is 3. The molecule has 0 radical (unpaired) electrons. The first kappa shape index (κ1) is 23.6. The lowest BCUT2D eigenvalue weighted by Gasteiger charge is -2.33. The van der Waals surface area contributed by atoms with Crippen molar-refractivity contribution in [1.82, 2.24) is 15.4 Å². The maximum Gasteiger partial charge on any atom is 0.325 e. The second kappa shape index (κ2) is 10.0. The lowest BCUT2D eigenvalue weighted by atomic mass is 9.95. The van der Waals surface area contributed by atoms with Crippen LogP contribution >= 0.6 is 0 Å². The third kappa shape index (κ3) is 5.79. The summed E-state index contributed by atoms with van der Waals surface area (Å²) in [6, 6.07) is 7.28. The molecule has 2 atom stereocenters. The van der Waals surface area contributed by atoms with Crippen molar-refractivity contribution < 1.29 is 19.1 Å². The summed E-state index contributed by atoms with van der Waals surface area (Å²) in [6.45, 7) is 7.92. The Morgan fingerprint density at radius 1 is 1.31 bits per heavy atom. The molecule has 1 saturated heterocycles. The first-order valence-electron chi connectivity index (χ1n) is 11.0. The van der Waals surface area contributed by atoms with Crippen molar-refractivity contribution in [2.45, 2.75) is 59.1 Å². The van der Waals surface area contributed by atoms with E-state index in [-0.39, 0.29) is 11.9 Å². The summed E-state index contributed by atoms with van der Waals surface area (Å²) in [5, 5.41) is 3.46. The molecule has 3 rings (SSSR count). The number of benzene rings is 1. The Kier molecular flexibility index (Phi) is 7.40. The van der Waals surface area contributed by atoms with Crippen LogP contribution in [-0.4, -0.2) is 40.7 Å². The Balaban J connectivity index is 1.72. The van der Waals surface area contributed by atoms with Gasteiger partial charge in [-0.25, -0.2) is 5.43 Å². The summed E-state index contributed by atoms with van der Waals surface area (Å²) in [7, 11) is 0. The molecule has 0 saturated carbocycles. The zero-order valence-electron chi connectivity index (χ0n) is 19.1. The largest absolute Gasteiger partial charge is 0.457 e. The smallest absolute Gasteiger partial charge is 0.325 e. The van der Waals surface area contributed by atoms with E-state index in [2.05, 4.69) is 10.4 Å². The number of esters is 1. The maximum absolute atomic E-state index is 12.7. The van der Waals surface area contributed by atoms with Gasteiger partial charge in [0.15, 0.2) is 0 Å². The van der Waals surface area contributed by atoms with E-state index in [1.807, 2.05) is 57.2 Å². The molecule has 7 heteroatoms. The van der Waals surface area contributed by atoms with Crippen LogP contribution in [0.15, 0.2) is 36.5 Å². The Labute approximate surface area is 188 Å². The van der Waals surface area contributed by atoms with Crippen molar-refractivity contribution >= 4 is 35.0 Å². The number of nitrogens with zero attached hydrogens (tertiary/aromatic N) is 2. The standard InChI is InChI=1S/C25H31N3O4/c1-5-23(30)28-12-6-7-22(27-28)24(31)32-17(2)18-8-9-19-15-26-21(14-20(19)13-18)10-11-25(3,4)16-29/h8-11,13-17,22,27H,5-7,12H2,1-4H3/b11-10+/t17-,22+/m1/s1. The average Bonchev–Trinajstić information content (AvgIpc) is 2.81. The zero-order chi connectivity index (χ0) is 23.3. The molecule has 170 valence electrons. The van der Waals surface area contributed by atoms with Gasteiger partial charge in [0.2, 0.25) is 5.91 Å². The van der Waals surface area contributed by atoms with Crippen LogP contribution in [-0.2, 0) is 19.1 Å². The van der Waals surface area contributed by atoms with Gasteiger partial charge in [-0.2, -0.15) is 0 Å². The number of amides is 1. The fraction of sp³-hybridized carbons (Fsp3) is 0.440. The van der Waals surface area contributed by atoms with E-state index in [9.17, 15) is 14.4 Å². The number of ether oxygens (including phenoxy) is 1. The average molecular weight is 438 g/mol. The highest BCUT2D eigenvalue weighted by Crippen LogP contribution is 2.25. The fourth-order valence-electron chi connectivity index (χ4n) is 3.51. The molecule has 1 aliphatic heterocycles. The molecular weight excluding hydrogens is 406 g/mol. The molecule has 1 amide bonds. The third-order valence-corrected chi connectivity index (χ3v) is 5.59. The van der Waals surface area contributed by atoms with Gasteiger partial charge in [0.05, 0.1) is 5.69 Å². The highest BCUT2D eigenvalue weighted by molar-refractivity contribution is 5.84. The third-order valence-electron chi connectivity index (χ3n) is 5.59. The summed E-state index contributed by atoms with van der Waals surface area (Å²) in [5.74, 6) is -0.388. The van der Waals surface area contributed by atoms with E-state index in [0.29, 0.717) is 19.4 Å². The maximum atomic E-state index is 12.7. The number of aromatic nitrogens is 1. The van der Waals surface area contributed by atoms with E-state index < -0.39 is 17.6 Å². The van der Waals surface area contributed by atoms with Crippen LogP contribution in [0, 0.1) is 5.41 Å². The number of hydrogen-bond acceptors (Lipinski definition) is 6. The minimum Gasteiger partial charge on any atom is -0.457 e. The van der Waals surface area contributed by atoms with Crippen molar-refractivity contribution in [2.75, 3.05) is 6.54 Å². The normalized spacial score (nSPS) is 18.0. The van der Waals surface area contributed by atoms with Gasteiger partial charge in [0, 0.05) is 30.0 Å². The topological polar surface area (TPSA) is 88.6 Å². The van der Waals surface area contributed by atoms with E-state index in [4.69, 9.17) is 4.74 Å². The van der Waals surface area contributed by atoms with Gasteiger partial charge in [-0.05, 0) is 62.8 Å². The molecule has 7 nitrogen and oxygen atoms in total. The number of rotatable bonds is 7. The second-order valence-electron chi connectivity index (χ2n) is 8.79. The highest BCUT2D eigenvalue weighted by atomic mass is 16.5. The molecule has 0 unspecified atom stereocenters. The molecule has 2 heterocycles. The first-order valence-corrected chi connectivity index (χ1v) is 11.0. The molecule has 1 fully saturated rings. The van der Waals surface area contributed by atoms with Gasteiger partial charge in [0.1, 0.15) is 18.4 Å². The molecule has 0 aliphatic carbocycles. The minimum atomic E-state index is -0.550. The minimum absolute atomic E-state index is 0.0277. The van der Waals surface area contributed by atoms with Gasteiger partial charge in [-0.15, -0.1) is 0 Å². The Bertz CT molecular complexity index is 1030. The summed E-state index contributed by atoms with van der Waals surface area (Å²) >= 11 is 0. The predicted octanol–water partition coefficient (Wildman–Crippen LogP) is 3.98. The molecule has 1 aliphatic rings. The van der Waals surface area contributed by atoms with Crippen LogP contribution in [0.5, 0.6) is 0 Å². The van der Waals surface area contributed by atoms with E-state index in [1.165, 1.54) is 5.01 Å². The van der Waals surface area contributed by atoms with Crippen LogP contribution in [0.3, 0.4) is 0 Å². The predicted molar refractivity (Wildman–Crippen MR) is 123 cm³/mol. The number of hydrazine groups is 1. The van der Waals surface area contributed by atoms with Gasteiger partial charge in [-0.1, -0.05) is 25.1 Å². The number of hydrogen-bond donors (Lipinski definition) is 1. The van der Waals surface area contributed by atoms with E-state index >= 15 is 0 Å². The second-order valence-corrected chi connectivity index (χ2v) is 8.79. The van der Waals surface area contributed by atoms with Crippen molar-refractivity contribution in [3.05, 3.63) is 47.8 Å². The quantitative estimate of drug-likeness (QED) is 0.521. The zero-order valence-corrected chi connectivity index (χ0v) is 19.1. The summed E-state index contributed by atoms with van der Waals surface area (Å²) < 4.78 is 5.72. The lowest BCUT2D eigenvalue weighted by Crippen LogP contribution is -2.55. The van der Waals surface area contributed by atoms with Crippen molar-refractivity contribution in [2.24, 2.45) is 5.41 Å². The Morgan fingerprint density at radius 3 is 2.81 bits per heavy atom. The van der Waals surface area contributed by atoms with Crippen LogP contribution in [0.25, 0.3) is 16.8 Å². The van der Waals surface area contributed by atoms with Gasteiger partial charge in [0.25, 0.3) is 0 Å². The van der Waals surface area contributed by atoms with Gasteiger partial charge in [-0.3, -0.25) is 19.6 Å². The SMILES string of the molecule is CCC(=O)N1CCC[C@@H](C(=O)O[C@H](C)c2ccc3cnc(/C=C/C(C)(C)C=O)cc3c2)N1. The van der Waals surface area contributed by atoms with Crippen molar-refractivity contribution in [3.8, 4) is 0 Å². The summed E-state index contributed by atoms with van der Waals surface area (Å²) in [5.41, 5.74) is 4.07. The van der Waals surface area contributed by atoms with Crippen molar-refractivity contribution in [3.63, 3.8) is 0 Å². The number of carbonyl (C=O) groups excluding carboxylic acids is 3. The molecule has 1 aromatic heterocycles. The number of fused-ring (bicyclic) bond motifs is 1. The van der Waals surface area contributed by atoms with E-state index in [0.717, 1.165) is 34.7 Å². The first-order chi connectivity index (χ1) is 15.2. The molecule has 1 aromatic carbocycles. The van der Waals surface area contributed by atoms with Crippen LogP contribution in [0.2, 0.25) is 0 Å². The molecule has 0 bridgehead atoms. The summed E-state index contributed by atoms with van der Waals surface area (Å²) in [6.07, 6.45) is 7.69. The molecule has 32 heavy (non-hydrogen) atoms. The number of aldehydes is 1. The summed E-state index contributed by atoms with van der Waals surface area (Å²) in [4.78, 5) is 40.2. The number of pyridine rings is 1. The highest BCUT2D eigenvalue weighted by Gasteiger charge is 2.29. The van der Waals surface area contributed by atoms with Crippen molar-refractivity contribution in [1.29, 1.82) is 0 Å². The monoisotopic (exact) mass is 437 g/mol. The van der Waals surface area contributed by atoms with E-state index in [1.54, 1.807) is 13.1 Å². The lowest BCUT2D eigenvalue weighted by molar-refractivity contribution is -0.156. The molecular formula is C25H31N3O4. The van der Waals surface area contributed by atoms with Crippen LogP contribution in [0.4, 0.5) is 0 Å². The van der Waals surface area contributed by atoms with Gasteiger partial charge >= 0.3 is 5.97 Å². The van der Waals surface area contributed by atoms with Gasteiger partial charge < -0.3 is 9.53 Å².